The predicted molar refractivity (Wildman–Crippen MR) is 121 cm³/mol. The molecule has 3 rings (SSSR count). The molecular formula is C20H15Cl2N3O6S. The standard InChI is InChI=1S/C20H15Cl2N3O6S/c1-2-30-20(27)18-14(9-16(32-18)12-6-5-11(21)8-13(12)22)24-17(26)10-31-15-4-3-7-23-19(15)25(28)29/h3-9H,2,10H2,1H3,(H,24,26). The number of ether oxygens (including phenoxy) is 2. The third kappa shape index (κ3) is 5.52. The summed E-state index contributed by atoms with van der Waals surface area (Å²) in [5.41, 5.74) is 0.818. The number of hydrogen-bond acceptors (Lipinski definition) is 8. The number of esters is 1. The Balaban J connectivity index is 1.83. The fourth-order valence-electron chi connectivity index (χ4n) is 2.62. The fraction of sp³-hybridized carbons (Fsp3) is 0.150. The zero-order valence-electron chi connectivity index (χ0n) is 16.5. The van der Waals surface area contributed by atoms with E-state index in [1.165, 1.54) is 18.3 Å². The molecule has 3 aromatic rings. The molecule has 0 unspecified atom stereocenters. The molecule has 0 saturated carbocycles. The normalized spacial score (nSPS) is 10.5. The number of benzene rings is 1. The minimum atomic E-state index is -0.715. The van der Waals surface area contributed by atoms with Crippen molar-refractivity contribution < 1.29 is 24.0 Å². The van der Waals surface area contributed by atoms with Crippen molar-refractivity contribution in [2.45, 2.75) is 6.92 Å². The van der Waals surface area contributed by atoms with Gasteiger partial charge in [0.15, 0.2) is 6.61 Å². The van der Waals surface area contributed by atoms with E-state index in [4.69, 9.17) is 32.7 Å². The maximum atomic E-state index is 12.4. The minimum absolute atomic E-state index is 0.148. The molecule has 0 aliphatic carbocycles. The third-order valence-corrected chi connectivity index (χ3v) is 5.64. The van der Waals surface area contributed by atoms with Crippen LogP contribution in [0.3, 0.4) is 0 Å². The Morgan fingerprint density at radius 2 is 2.03 bits per heavy atom. The summed E-state index contributed by atoms with van der Waals surface area (Å²) >= 11 is 13.3. The van der Waals surface area contributed by atoms with E-state index in [-0.39, 0.29) is 22.9 Å². The highest BCUT2D eigenvalue weighted by atomic mass is 35.5. The number of amides is 1. The number of aromatic nitrogens is 1. The molecular weight excluding hydrogens is 481 g/mol. The molecule has 2 aromatic heterocycles. The molecule has 0 radical (unpaired) electrons. The molecule has 2 heterocycles. The Hall–Kier alpha value is -3.21. The summed E-state index contributed by atoms with van der Waals surface area (Å²) in [6.07, 6.45) is 1.24. The molecule has 0 fully saturated rings. The number of anilines is 1. The summed E-state index contributed by atoms with van der Waals surface area (Å²) in [5, 5.41) is 14.4. The summed E-state index contributed by atoms with van der Waals surface area (Å²) in [7, 11) is 0. The number of carbonyl (C=O) groups is 2. The monoisotopic (exact) mass is 495 g/mol. The fourth-order valence-corrected chi connectivity index (χ4v) is 4.23. The second-order valence-electron chi connectivity index (χ2n) is 6.12. The van der Waals surface area contributed by atoms with Gasteiger partial charge in [0, 0.05) is 15.5 Å². The van der Waals surface area contributed by atoms with E-state index in [9.17, 15) is 19.7 Å². The number of rotatable bonds is 8. The molecule has 166 valence electrons. The first kappa shape index (κ1) is 23.5. The molecule has 12 heteroatoms. The van der Waals surface area contributed by atoms with Gasteiger partial charge in [-0.1, -0.05) is 29.3 Å². The SMILES string of the molecule is CCOC(=O)c1sc(-c2ccc(Cl)cc2Cl)cc1NC(=O)COc1cccnc1[N+](=O)[O-]. The first-order valence-electron chi connectivity index (χ1n) is 9.08. The van der Waals surface area contributed by atoms with Crippen LogP contribution in [0.15, 0.2) is 42.6 Å². The van der Waals surface area contributed by atoms with E-state index in [1.54, 1.807) is 31.2 Å². The predicted octanol–water partition coefficient (Wildman–Crippen LogP) is 5.22. The number of nitrogens with one attached hydrogen (secondary N) is 1. The number of hydrogen-bond donors (Lipinski definition) is 1. The zero-order chi connectivity index (χ0) is 23.3. The highest BCUT2D eigenvalue weighted by Crippen LogP contribution is 2.39. The quantitative estimate of drug-likeness (QED) is 0.258. The van der Waals surface area contributed by atoms with E-state index >= 15 is 0 Å². The van der Waals surface area contributed by atoms with Crippen molar-refractivity contribution in [2.75, 3.05) is 18.5 Å². The van der Waals surface area contributed by atoms with E-state index in [2.05, 4.69) is 10.3 Å². The van der Waals surface area contributed by atoms with Crippen molar-refractivity contribution in [2.24, 2.45) is 0 Å². The highest BCUT2D eigenvalue weighted by Gasteiger charge is 2.22. The van der Waals surface area contributed by atoms with Crippen LogP contribution in [0.25, 0.3) is 10.4 Å². The van der Waals surface area contributed by atoms with E-state index in [0.717, 1.165) is 11.3 Å². The number of nitrogens with zero attached hydrogens (tertiary/aromatic N) is 2. The molecule has 1 amide bonds. The second kappa shape index (κ2) is 10.4. The highest BCUT2D eigenvalue weighted by molar-refractivity contribution is 7.18. The first-order chi connectivity index (χ1) is 15.3. The molecule has 0 saturated heterocycles. The molecule has 1 aromatic carbocycles. The average molecular weight is 496 g/mol. The molecule has 9 nitrogen and oxygen atoms in total. The van der Waals surface area contributed by atoms with Crippen molar-refractivity contribution in [1.82, 2.24) is 4.98 Å². The number of thiophene rings is 1. The average Bonchev–Trinajstić information content (AvgIpc) is 3.16. The lowest BCUT2D eigenvalue weighted by Crippen LogP contribution is -2.21. The molecule has 1 N–H and O–H groups in total. The summed E-state index contributed by atoms with van der Waals surface area (Å²) in [5.74, 6) is -1.92. The maximum Gasteiger partial charge on any atom is 0.406 e. The van der Waals surface area contributed by atoms with Gasteiger partial charge < -0.3 is 24.9 Å². The Morgan fingerprint density at radius 1 is 1.25 bits per heavy atom. The van der Waals surface area contributed by atoms with Gasteiger partial charge >= 0.3 is 11.8 Å². The van der Waals surface area contributed by atoms with Gasteiger partial charge in [-0.15, -0.1) is 11.3 Å². The Morgan fingerprint density at radius 3 is 2.72 bits per heavy atom. The summed E-state index contributed by atoms with van der Waals surface area (Å²) in [4.78, 5) is 39.5. The van der Waals surface area contributed by atoms with Gasteiger partial charge in [0.2, 0.25) is 5.75 Å². The number of nitro groups is 1. The maximum absolute atomic E-state index is 12.4. The lowest BCUT2D eigenvalue weighted by atomic mass is 10.2. The van der Waals surface area contributed by atoms with E-state index in [0.29, 0.717) is 20.5 Å². The van der Waals surface area contributed by atoms with Crippen molar-refractivity contribution in [1.29, 1.82) is 0 Å². The third-order valence-electron chi connectivity index (χ3n) is 3.95. The van der Waals surface area contributed by atoms with Crippen LogP contribution in [0.4, 0.5) is 11.5 Å². The van der Waals surface area contributed by atoms with Crippen LogP contribution in [-0.2, 0) is 9.53 Å². The first-order valence-corrected chi connectivity index (χ1v) is 10.7. The van der Waals surface area contributed by atoms with Crippen LogP contribution in [0.2, 0.25) is 10.0 Å². The zero-order valence-corrected chi connectivity index (χ0v) is 18.8. The minimum Gasteiger partial charge on any atom is -0.476 e. The van der Waals surface area contributed by atoms with Crippen molar-refractivity contribution in [3.63, 3.8) is 0 Å². The molecule has 0 spiro atoms. The molecule has 32 heavy (non-hydrogen) atoms. The van der Waals surface area contributed by atoms with Gasteiger partial charge in [-0.25, -0.2) is 4.79 Å². The van der Waals surface area contributed by atoms with Crippen molar-refractivity contribution in [3.05, 3.63) is 67.6 Å². The van der Waals surface area contributed by atoms with Gasteiger partial charge in [-0.05, 0) is 47.2 Å². The summed E-state index contributed by atoms with van der Waals surface area (Å²) in [6, 6.07) is 9.26. The van der Waals surface area contributed by atoms with Gasteiger partial charge in [0.05, 0.1) is 17.3 Å². The van der Waals surface area contributed by atoms with Crippen LogP contribution in [0.1, 0.15) is 16.6 Å². The molecule has 0 atom stereocenters. The van der Waals surface area contributed by atoms with Gasteiger partial charge in [0.25, 0.3) is 5.91 Å². The van der Waals surface area contributed by atoms with Crippen LogP contribution < -0.4 is 10.1 Å². The van der Waals surface area contributed by atoms with Gasteiger partial charge in [-0.2, -0.15) is 0 Å². The molecule has 0 bridgehead atoms. The molecule has 0 aliphatic rings. The van der Waals surface area contributed by atoms with Crippen LogP contribution in [0, 0.1) is 10.1 Å². The topological polar surface area (TPSA) is 121 Å². The van der Waals surface area contributed by atoms with Gasteiger partial charge in [0.1, 0.15) is 11.1 Å². The summed E-state index contributed by atoms with van der Waals surface area (Å²) in [6.45, 7) is 1.27. The second-order valence-corrected chi connectivity index (χ2v) is 8.01. The number of halogens is 2. The van der Waals surface area contributed by atoms with Gasteiger partial charge in [-0.3, -0.25) is 4.79 Å². The summed E-state index contributed by atoms with van der Waals surface area (Å²) < 4.78 is 10.3. The Labute approximate surface area is 196 Å². The molecule has 0 aliphatic heterocycles. The number of carbonyl (C=O) groups excluding carboxylic acids is 2. The largest absolute Gasteiger partial charge is 0.476 e. The van der Waals surface area contributed by atoms with Crippen LogP contribution in [-0.4, -0.2) is 35.0 Å². The van der Waals surface area contributed by atoms with Crippen LogP contribution >= 0.6 is 34.5 Å². The Kier molecular flexibility index (Phi) is 7.62. The van der Waals surface area contributed by atoms with E-state index in [1.807, 2.05) is 0 Å². The van der Waals surface area contributed by atoms with E-state index < -0.39 is 29.2 Å². The van der Waals surface area contributed by atoms with Crippen LogP contribution in [0.5, 0.6) is 5.75 Å². The van der Waals surface area contributed by atoms with Crippen molar-refractivity contribution >= 4 is 57.9 Å². The number of pyridine rings is 1. The lowest BCUT2D eigenvalue weighted by Gasteiger charge is -2.08. The smallest absolute Gasteiger partial charge is 0.406 e. The van der Waals surface area contributed by atoms with Crippen molar-refractivity contribution in [3.8, 4) is 16.2 Å². The Bertz CT molecular complexity index is 1180. The lowest BCUT2D eigenvalue weighted by molar-refractivity contribution is -0.390.